The Balaban J connectivity index is 1.51. The van der Waals surface area contributed by atoms with Gasteiger partial charge in [-0.15, -0.1) is 0 Å². The predicted molar refractivity (Wildman–Crippen MR) is 123 cm³/mol. The molecule has 0 aromatic heterocycles. The van der Waals surface area contributed by atoms with E-state index in [2.05, 4.69) is 21.3 Å². The molecule has 0 aliphatic carbocycles. The summed E-state index contributed by atoms with van der Waals surface area (Å²) in [5.41, 5.74) is 4.03. The second-order valence-electron chi connectivity index (χ2n) is 6.96. The molecule has 0 heterocycles. The molecule has 158 valence electrons. The van der Waals surface area contributed by atoms with Crippen molar-refractivity contribution in [2.75, 3.05) is 29.5 Å². The monoisotopic (exact) mass is 416 g/mol. The number of hydrogen-bond donors (Lipinski definition) is 4. The molecule has 0 aliphatic heterocycles. The van der Waals surface area contributed by atoms with Gasteiger partial charge in [0.25, 0.3) is 11.8 Å². The molecule has 3 aromatic carbocycles. The highest BCUT2D eigenvalue weighted by Gasteiger charge is 2.08. The summed E-state index contributed by atoms with van der Waals surface area (Å²) in [6, 6.07) is 21.2. The number of anilines is 3. The highest BCUT2D eigenvalue weighted by molar-refractivity contribution is 6.04. The van der Waals surface area contributed by atoms with Crippen molar-refractivity contribution in [3.05, 3.63) is 89.5 Å². The second kappa shape index (κ2) is 10.1. The molecule has 0 saturated heterocycles. The van der Waals surface area contributed by atoms with Gasteiger partial charge in [0.2, 0.25) is 5.91 Å². The van der Waals surface area contributed by atoms with Crippen molar-refractivity contribution >= 4 is 34.8 Å². The van der Waals surface area contributed by atoms with E-state index >= 15 is 0 Å². The SMILES string of the molecule is CNC(=O)c1cccc(NC(=O)CNc2ccc(NC(=O)c3cccc(C)c3)cc2)c1. The molecule has 3 amide bonds. The first-order valence-electron chi connectivity index (χ1n) is 9.78. The standard InChI is InChI=1S/C24H24N4O3/c1-16-5-3-6-17(13-16)24(31)28-20-11-9-19(10-12-20)26-15-22(29)27-21-8-4-7-18(14-21)23(30)25-2/h3-14,26H,15H2,1-2H3,(H,25,30)(H,27,29)(H,28,31). The number of rotatable bonds is 7. The Morgan fingerprint density at radius 3 is 2.03 bits per heavy atom. The fraction of sp³-hybridized carbons (Fsp3) is 0.125. The van der Waals surface area contributed by atoms with E-state index in [1.807, 2.05) is 25.1 Å². The number of benzene rings is 3. The summed E-state index contributed by atoms with van der Waals surface area (Å²) in [7, 11) is 1.55. The average molecular weight is 416 g/mol. The van der Waals surface area contributed by atoms with Gasteiger partial charge in [0.1, 0.15) is 0 Å². The van der Waals surface area contributed by atoms with Crippen LogP contribution in [0.1, 0.15) is 26.3 Å². The zero-order chi connectivity index (χ0) is 22.2. The Bertz CT molecular complexity index is 1090. The highest BCUT2D eigenvalue weighted by atomic mass is 16.2. The summed E-state index contributed by atoms with van der Waals surface area (Å²) in [5, 5.41) is 11.2. The quantitative estimate of drug-likeness (QED) is 0.472. The van der Waals surface area contributed by atoms with Crippen LogP contribution in [-0.2, 0) is 4.79 Å². The topological polar surface area (TPSA) is 99.3 Å². The van der Waals surface area contributed by atoms with E-state index in [4.69, 9.17) is 0 Å². The Hall–Kier alpha value is -4.13. The van der Waals surface area contributed by atoms with Gasteiger partial charge in [-0.3, -0.25) is 14.4 Å². The first-order chi connectivity index (χ1) is 14.9. The number of nitrogens with one attached hydrogen (secondary N) is 4. The summed E-state index contributed by atoms with van der Waals surface area (Å²) >= 11 is 0. The zero-order valence-corrected chi connectivity index (χ0v) is 17.4. The average Bonchev–Trinajstić information content (AvgIpc) is 2.78. The van der Waals surface area contributed by atoms with Crippen LogP contribution in [0, 0.1) is 6.92 Å². The second-order valence-corrected chi connectivity index (χ2v) is 6.96. The van der Waals surface area contributed by atoms with E-state index in [1.54, 1.807) is 61.6 Å². The van der Waals surface area contributed by atoms with Gasteiger partial charge in [-0.2, -0.15) is 0 Å². The maximum atomic E-state index is 12.3. The van der Waals surface area contributed by atoms with Crippen LogP contribution in [0.2, 0.25) is 0 Å². The summed E-state index contributed by atoms with van der Waals surface area (Å²) in [6.45, 7) is 1.99. The molecule has 0 spiro atoms. The first kappa shape index (κ1) is 21.6. The minimum atomic E-state index is -0.245. The number of carbonyl (C=O) groups is 3. The summed E-state index contributed by atoms with van der Waals surface area (Å²) < 4.78 is 0. The van der Waals surface area contributed by atoms with Crippen LogP contribution >= 0.6 is 0 Å². The van der Waals surface area contributed by atoms with Gasteiger partial charge in [-0.05, 0) is 61.5 Å². The van der Waals surface area contributed by atoms with Crippen molar-refractivity contribution in [2.24, 2.45) is 0 Å². The molecule has 0 fully saturated rings. The van der Waals surface area contributed by atoms with Gasteiger partial charge in [-0.25, -0.2) is 0 Å². The number of hydrogen-bond acceptors (Lipinski definition) is 4. The fourth-order valence-corrected chi connectivity index (χ4v) is 2.93. The third-order valence-corrected chi connectivity index (χ3v) is 4.51. The van der Waals surface area contributed by atoms with E-state index < -0.39 is 0 Å². The van der Waals surface area contributed by atoms with Crippen LogP contribution in [0.3, 0.4) is 0 Å². The summed E-state index contributed by atoms with van der Waals surface area (Å²) in [6.07, 6.45) is 0. The van der Waals surface area contributed by atoms with Crippen molar-refractivity contribution in [2.45, 2.75) is 6.92 Å². The van der Waals surface area contributed by atoms with Crippen LogP contribution in [0.25, 0.3) is 0 Å². The minimum absolute atomic E-state index is 0.0548. The van der Waals surface area contributed by atoms with E-state index in [1.165, 1.54) is 0 Å². The van der Waals surface area contributed by atoms with Gasteiger partial charge < -0.3 is 21.3 Å². The Kier molecular flexibility index (Phi) is 7.01. The Labute approximate surface area is 180 Å². The third kappa shape index (κ3) is 6.17. The molecule has 7 nitrogen and oxygen atoms in total. The van der Waals surface area contributed by atoms with Gasteiger partial charge >= 0.3 is 0 Å². The molecule has 0 atom stereocenters. The molecule has 31 heavy (non-hydrogen) atoms. The van der Waals surface area contributed by atoms with Gasteiger partial charge in [0.15, 0.2) is 0 Å². The molecule has 3 rings (SSSR count). The molecule has 0 unspecified atom stereocenters. The lowest BCUT2D eigenvalue weighted by Gasteiger charge is -2.10. The Morgan fingerprint density at radius 1 is 0.710 bits per heavy atom. The number of aryl methyl sites for hydroxylation is 1. The maximum absolute atomic E-state index is 12.3. The zero-order valence-electron chi connectivity index (χ0n) is 17.4. The van der Waals surface area contributed by atoms with E-state index in [-0.39, 0.29) is 24.3 Å². The van der Waals surface area contributed by atoms with E-state index in [0.717, 1.165) is 11.3 Å². The molecule has 4 N–H and O–H groups in total. The molecular weight excluding hydrogens is 392 g/mol. The van der Waals surface area contributed by atoms with Gasteiger partial charge in [-0.1, -0.05) is 23.8 Å². The smallest absolute Gasteiger partial charge is 0.255 e. The van der Waals surface area contributed by atoms with Crippen LogP contribution in [0.5, 0.6) is 0 Å². The largest absolute Gasteiger partial charge is 0.376 e. The van der Waals surface area contributed by atoms with Crippen molar-refractivity contribution in [1.82, 2.24) is 5.32 Å². The molecule has 0 bridgehead atoms. The lowest BCUT2D eigenvalue weighted by molar-refractivity contribution is -0.114. The summed E-state index contributed by atoms with van der Waals surface area (Å²) in [4.78, 5) is 36.2. The van der Waals surface area contributed by atoms with Gasteiger partial charge in [0.05, 0.1) is 6.54 Å². The maximum Gasteiger partial charge on any atom is 0.255 e. The van der Waals surface area contributed by atoms with E-state index in [9.17, 15) is 14.4 Å². The first-order valence-corrected chi connectivity index (χ1v) is 9.78. The molecule has 7 heteroatoms. The minimum Gasteiger partial charge on any atom is -0.376 e. The predicted octanol–water partition coefficient (Wildman–Crippen LogP) is 3.66. The highest BCUT2D eigenvalue weighted by Crippen LogP contribution is 2.15. The van der Waals surface area contributed by atoms with Crippen LogP contribution in [0.4, 0.5) is 17.1 Å². The number of carbonyl (C=O) groups excluding carboxylic acids is 3. The van der Waals surface area contributed by atoms with Crippen molar-refractivity contribution in [3.8, 4) is 0 Å². The van der Waals surface area contributed by atoms with Crippen molar-refractivity contribution in [1.29, 1.82) is 0 Å². The van der Waals surface area contributed by atoms with Crippen LogP contribution < -0.4 is 21.3 Å². The molecular formula is C24H24N4O3. The summed E-state index contributed by atoms with van der Waals surface area (Å²) in [5.74, 6) is -0.641. The van der Waals surface area contributed by atoms with Crippen LogP contribution in [-0.4, -0.2) is 31.3 Å². The number of amides is 3. The molecule has 3 aromatic rings. The molecule has 0 aliphatic rings. The fourth-order valence-electron chi connectivity index (χ4n) is 2.93. The van der Waals surface area contributed by atoms with E-state index in [0.29, 0.717) is 22.5 Å². The normalized spacial score (nSPS) is 10.1. The van der Waals surface area contributed by atoms with Crippen molar-refractivity contribution in [3.63, 3.8) is 0 Å². The Morgan fingerprint density at radius 2 is 1.35 bits per heavy atom. The molecule has 0 radical (unpaired) electrons. The third-order valence-electron chi connectivity index (χ3n) is 4.51. The van der Waals surface area contributed by atoms with Crippen LogP contribution in [0.15, 0.2) is 72.8 Å². The van der Waals surface area contributed by atoms with Gasteiger partial charge in [0, 0.05) is 35.2 Å². The van der Waals surface area contributed by atoms with Crippen molar-refractivity contribution < 1.29 is 14.4 Å². The molecule has 0 saturated carbocycles. The lowest BCUT2D eigenvalue weighted by Crippen LogP contribution is -2.22. The lowest BCUT2D eigenvalue weighted by atomic mass is 10.1.